The summed E-state index contributed by atoms with van der Waals surface area (Å²) >= 11 is 1.49. The molecule has 0 saturated carbocycles. The summed E-state index contributed by atoms with van der Waals surface area (Å²) in [7, 11) is -3.64. The lowest BCUT2D eigenvalue weighted by Gasteiger charge is -2.31. The first-order valence-corrected chi connectivity index (χ1v) is 13.0. The zero-order valence-corrected chi connectivity index (χ0v) is 18.9. The van der Waals surface area contributed by atoms with E-state index in [-0.39, 0.29) is 23.3 Å². The van der Waals surface area contributed by atoms with Crippen molar-refractivity contribution in [1.29, 1.82) is 0 Å². The third-order valence-electron chi connectivity index (χ3n) is 5.91. The zero-order chi connectivity index (χ0) is 21.8. The number of nitrogens with one attached hydrogen (secondary N) is 2. The van der Waals surface area contributed by atoms with E-state index in [1.165, 1.54) is 32.5 Å². The van der Waals surface area contributed by atoms with Gasteiger partial charge in [0.25, 0.3) is 5.91 Å². The van der Waals surface area contributed by atoms with Gasteiger partial charge in [0.05, 0.1) is 15.7 Å². The van der Waals surface area contributed by atoms with Gasteiger partial charge in [0.1, 0.15) is 0 Å². The fraction of sp³-hybridized carbons (Fsp3) is 0.455. The summed E-state index contributed by atoms with van der Waals surface area (Å²) in [5.74, 6) is -1.19. The second-order valence-corrected chi connectivity index (χ2v) is 11.2. The normalized spacial score (nSPS) is 19.8. The number of hydrazine groups is 1. The van der Waals surface area contributed by atoms with Crippen molar-refractivity contribution in [3.05, 3.63) is 51.7 Å². The fourth-order valence-corrected chi connectivity index (χ4v) is 6.87. The number of thiophene rings is 1. The third kappa shape index (κ3) is 4.99. The number of sulfonamides is 1. The minimum atomic E-state index is -3.64. The number of nitrogens with zero attached hydrogens (tertiary/aromatic N) is 1. The Balaban J connectivity index is 1.35. The number of hydrogen-bond donors (Lipinski definition) is 2. The minimum Gasteiger partial charge on any atom is -0.273 e. The summed E-state index contributed by atoms with van der Waals surface area (Å²) in [4.78, 5) is 27.3. The summed E-state index contributed by atoms with van der Waals surface area (Å²) < 4.78 is 27.1. The van der Waals surface area contributed by atoms with E-state index in [1.54, 1.807) is 30.3 Å². The first-order valence-electron chi connectivity index (χ1n) is 10.7. The summed E-state index contributed by atoms with van der Waals surface area (Å²) in [6, 6.07) is 10.2. The second kappa shape index (κ2) is 9.50. The quantitative estimate of drug-likeness (QED) is 0.541. The van der Waals surface area contributed by atoms with Crippen molar-refractivity contribution in [2.45, 2.75) is 49.8 Å². The molecule has 1 saturated heterocycles. The van der Waals surface area contributed by atoms with E-state index in [1.807, 2.05) is 6.07 Å². The van der Waals surface area contributed by atoms with Gasteiger partial charge in [-0.3, -0.25) is 20.4 Å². The van der Waals surface area contributed by atoms with Crippen LogP contribution in [0.25, 0.3) is 0 Å². The van der Waals surface area contributed by atoms with Crippen molar-refractivity contribution in [3.8, 4) is 0 Å². The number of fused-ring (bicyclic) bond motifs is 1. The minimum absolute atomic E-state index is 0.103. The van der Waals surface area contributed by atoms with Crippen molar-refractivity contribution < 1.29 is 18.0 Å². The Labute approximate surface area is 186 Å². The Bertz CT molecular complexity index is 1030. The highest BCUT2D eigenvalue weighted by molar-refractivity contribution is 7.89. The van der Waals surface area contributed by atoms with Gasteiger partial charge in [0, 0.05) is 18.0 Å². The van der Waals surface area contributed by atoms with Crippen LogP contribution in [0.3, 0.4) is 0 Å². The van der Waals surface area contributed by atoms with Gasteiger partial charge >= 0.3 is 0 Å². The molecule has 0 radical (unpaired) electrons. The predicted octanol–water partition coefficient (Wildman–Crippen LogP) is 2.88. The molecular formula is C22H27N3O4S2. The van der Waals surface area contributed by atoms with Gasteiger partial charge in [-0.1, -0.05) is 24.6 Å². The van der Waals surface area contributed by atoms with Crippen LogP contribution in [0.4, 0.5) is 0 Å². The number of piperidine rings is 1. The number of aryl methyl sites for hydroxylation is 2. The first kappa shape index (κ1) is 22.0. The summed E-state index contributed by atoms with van der Waals surface area (Å²) in [6.07, 6.45) is 6.69. The molecule has 1 aliphatic heterocycles. The van der Waals surface area contributed by atoms with Crippen LogP contribution in [0.5, 0.6) is 0 Å². The molecule has 2 N–H and O–H groups in total. The zero-order valence-electron chi connectivity index (χ0n) is 17.3. The molecule has 31 heavy (non-hydrogen) atoms. The monoisotopic (exact) mass is 461 g/mol. The molecular weight excluding hydrogens is 434 g/mol. The molecule has 1 fully saturated rings. The van der Waals surface area contributed by atoms with Gasteiger partial charge in [0.15, 0.2) is 0 Å². The highest BCUT2D eigenvalue weighted by Gasteiger charge is 2.33. The maximum atomic E-state index is 12.9. The molecule has 1 aliphatic carbocycles. The molecule has 1 atom stereocenters. The van der Waals surface area contributed by atoms with E-state index in [4.69, 9.17) is 0 Å². The molecule has 9 heteroatoms. The van der Waals surface area contributed by atoms with Gasteiger partial charge < -0.3 is 0 Å². The van der Waals surface area contributed by atoms with Gasteiger partial charge in [0.2, 0.25) is 15.9 Å². The molecule has 2 heterocycles. The van der Waals surface area contributed by atoms with Crippen molar-refractivity contribution in [3.63, 3.8) is 0 Å². The van der Waals surface area contributed by atoms with Crippen LogP contribution >= 0.6 is 11.3 Å². The number of amides is 2. The van der Waals surface area contributed by atoms with Crippen molar-refractivity contribution in [1.82, 2.24) is 15.2 Å². The van der Waals surface area contributed by atoms with Gasteiger partial charge in [-0.2, -0.15) is 4.31 Å². The summed E-state index contributed by atoms with van der Waals surface area (Å²) in [5.41, 5.74) is 6.26. The van der Waals surface area contributed by atoms with Crippen LogP contribution in [0.1, 0.15) is 52.2 Å². The van der Waals surface area contributed by atoms with Crippen molar-refractivity contribution >= 4 is 33.2 Å². The average molecular weight is 462 g/mol. The number of benzene rings is 1. The van der Waals surface area contributed by atoms with Crippen molar-refractivity contribution in [2.24, 2.45) is 5.92 Å². The summed E-state index contributed by atoms with van der Waals surface area (Å²) in [5, 5.41) is 0. The smallest absolute Gasteiger partial charge is 0.273 e. The lowest BCUT2D eigenvalue weighted by Crippen LogP contribution is -2.49. The number of rotatable bonds is 4. The molecule has 1 aromatic heterocycles. The fourth-order valence-electron chi connectivity index (χ4n) is 4.18. The van der Waals surface area contributed by atoms with Crippen LogP contribution in [-0.4, -0.2) is 37.6 Å². The molecule has 0 spiro atoms. The van der Waals surface area contributed by atoms with Gasteiger partial charge in [-0.25, -0.2) is 8.42 Å². The molecule has 2 amide bonds. The van der Waals surface area contributed by atoms with Crippen LogP contribution in [0, 0.1) is 5.92 Å². The van der Waals surface area contributed by atoms with E-state index in [0.717, 1.165) is 25.7 Å². The SMILES string of the molecule is O=C(NNC(=O)C1CCCN(S(=O)(=O)c2ccccc2)C1)c1cc2c(s1)CCCCC2. The molecule has 166 valence electrons. The topological polar surface area (TPSA) is 95.6 Å². The average Bonchev–Trinajstić information content (AvgIpc) is 3.08. The predicted molar refractivity (Wildman–Crippen MR) is 119 cm³/mol. The lowest BCUT2D eigenvalue weighted by molar-refractivity contribution is -0.126. The maximum Gasteiger partial charge on any atom is 0.279 e. The molecule has 7 nitrogen and oxygen atoms in total. The van der Waals surface area contributed by atoms with E-state index in [2.05, 4.69) is 10.9 Å². The number of carbonyl (C=O) groups excluding carboxylic acids is 2. The maximum absolute atomic E-state index is 12.9. The van der Waals surface area contributed by atoms with E-state index < -0.39 is 15.9 Å². The largest absolute Gasteiger partial charge is 0.279 e. The van der Waals surface area contributed by atoms with Crippen molar-refractivity contribution in [2.75, 3.05) is 13.1 Å². The van der Waals surface area contributed by atoms with E-state index >= 15 is 0 Å². The van der Waals surface area contributed by atoms with Crippen LogP contribution in [0.2, 0.25) is 0 Å². The number of carbonyl (C=O) groups is 2. The molecule has 1 aromatic carbocycles. The third-order valence-corrected chi connectivity index (χ3v) is 9.02. The van der Waals surface area contributed by atoms with Crippen LogP contribution < -0.4 is 10.9 Å². The first-order chi connectivity index (χ1) is 14.9. The standard InChI is InChI=1S/C22H27N3O4S2/c26-21(23-24-22(27)20-14-16-8-3-1-6-12-19(16)30-20)17-9-7-13-25(15-17)31(28,29)18-10-4-2-5-11-18/h2,4-5,10-11,14,17H,1,3,6-9,12-13,15H2,(H,23,26)(H,24,27). The van der Waals surface area contributed by atoms with Crippen LogP contribution in [0.15, 0.2) is 41.3 Å². The molecule has 1 unspecified atom stereocenters. The molecule has 2 aliphatic rings. The van der Waals surface area contributed by atoms with Crippen LogP contribution in [-0.2, 0) is 27.7 Å². The Hall–Kier alpha value is -2.23. The number of hydrogen-bond acceptors (Lipinski definition) is 5. The Morgan fingerprint density at radius 2 is 1.77 bits per heavy atom. The summed E-state index contributed by atoms with van der Waals surface area (Å²) in [6.45, 7) is 0.486. The van der Waals surface area contributed by atoms with E-state index in [9.17, 15) is 18.0 Å². The second-order valence-electron chi connectivity index (χ2n) is 8.08. The molecule has 0 bridgehead atoms. The van der Waals surface area contributed by atoms with Gasteiger partial charge in [-0.05, 0) is 62.3 Å². The highest BCUT2D eigenvalue weighted by Crippen LogP contribution is 2.29. The van der Waals surface area contributed by atoms with E-state index in [0.29, 0.717) is 24.3 Å². The Kier molecular flexibility index (Phi) is 6.74. The highest BCUT2D eigenvalue weighted by atomic mass is 32.2. The Morgan fingerprint density at radius 1 is 1.00 bits per heavy atom. The molecule has 2 aromatic rings. The van der Waals surface area contributed by atoms with Gasteiger partial charge in [-0.15, -0.1) is 11.3 Å². The molecule has 4 rings (SSSR count). The lowest BCUT2D eigenvalue weighted by atomic mass is 9.99. The Morgan fingerprint density at radius 3 is 2.58 bits per heavy atom.